The number of hydrogen-bond acceptors (Lipinski definition) is 3. The third kappa shape index (κ3) is 3.79. The van der Waals surface area contributed by atoms with E-state index in [-0.39, 0.29) is 17.1 Å². The summed E-state index contributed by atoms with van der Waals surface area (Å²) in [4.78, 5) is 14.8. The molecule has 1 aromatic heterocycles. The van der Waals surface area contributed by atoms with Gasteiger partial charge in [0, 0.05) is 35.8 Å². The summed E-state index contributed by atoms with van der Waals surface area (Å²) in [5.41, 5.74) is 4.27. The van der Waals surface area contributed by atoms with Crippen LogP contribution in [0.5, 0.6) is 5.75 Å². The molecule has 1 spiro atoms. The number of rotatable bonds is 5. The number of aryl methyl sites for hydroxylation is 2. The van der Waals surface area contributed by atoms with Crippen LogP contribution in [0.1, 0.15) is 47.4 Å². The smallest absolute Gasteiger partial charge is 0.257 e. The maximum Gasteiger partial charge on any atom is 0.257 e. The third-order valence-corrected chi connectivity index (χ3v) is 6.88. The van der Waals surface area contributed by atoms with Gasteiger partial charge in [0.1, 0.15) is 17.4 Å². The van der Waals surface area contributed by atoms with Gasteiger partial charge in [-0.15, -0.1) is 0 Å². The monoisotopic (exact) mass is 451 g/mol. The summed E-state index contributed by atoms with van der Waals surface area (Å²) in [6.07, 6.45) is 1.92. The van der Waals surface area contributed by atoms with Crippen LogP contribution in [0, 0.1) is 30.9 Å². The predicted octanol–water partition coefficient (Wildman–Crippen LogP) is 5.32. The molecule has 2 aliphatic rings. The Bertz CT molecular complexity index is 1220. The number of amides is 1. The molecule has 7 heteroatoms. The zero-order valence-electron chi connectivity index (χ0n) is 19.1. The van der Waals surface area contributed by atoms with Crippen LogP contribution in [-0.2, 0) is 0 Å². The summed E-state index contributed by atoms with van der Waals surface area (Å²) < 4.78 is 34.6. The molecule has 2 aromatic carbocycles. The van der Waals surface area contributed by atoms with E-state index in [1.54, 1.807) is 6.07 Å². The van der Waals surface area contributed by atoms with Gasteiger partial charge in [-0.3, -0.25) is 9.48 Å². The maximum absolute atomic E-state index is 13.6. The van der Waals surface area contributed by atoms with Crippen LogP contribution in [0.15, 0.2) is 42.5 Å². The van der Waals surface area contributed by atoms with E-state index in [0.29, 0.717) is 37.1 Å². The van der Waals surface area contributed by atoms with Crippen LogP contribution >= 0.6 is 0 Å². The highest BCUT2D eigenvalue weighted by Crippen LogP contribution is 2.54. The summed E-state index contributed by atoms with van der Waals surface area (Å²) in [5, 5.41) is 4.82. The number of carbonyl (C=O) groups is 1. The molecule has 0 radical (unpaired) electrons. The van der Waals surface area contributed by atoms with Crippen molar-refractivity contribution >= 4 is 5.91 Å². The van der Waals surface area contributed by atoms with Crippen LogP contribution in [0.2, 0.25) is 0 Å². The molecule has 1 aliphatic carbocycles. The standard InChI is InChI=1S/C26H27F2N3O2/c1-4-33-24-11-19(28)6-8-22(24)25(32)30-14-26(15-30)12-20(13-26)31-17(3)10-23(29-31)21-7-5-18(27)9-16(21)2/h5-11,20H,4,12-15H2,1-3H3. The molecule has 1 aliphatic heterocycles. The van der Waals surface area contributed by atoms with E-state index in [4.69, 9.17) is 9.84 Å². The minimum Gasteiger partial charge on any atom is -0.493 e. The summed E-state index contributed by atoms with van der Waals surface area (Å²) in [6, 6.07) is 11.2. The zero-order valence-corrected chi connectivity index (χ0v) is 19.1. The number of hydrogen-bond donors (Lipinski definition) is 0. The molecule has 1 saturated heterocycles. The molecule has 172 valence electrons. The number of benzene rings is 2. The Labute approximate surface area is 192 Å². The number of ether oxygens (including phenoxy) is 1. The Hall–Kier alpha value is -3.22. The quantitative estimate of drug-likeness (QED) is 0.527. The summed E-state index contributed by atoms with van der Waals surface area (Å²) in [6.45, 7) is 7.50. The minimum atomic E-state index is -0.415. The van der Waals surface area contributed by atoms with Crippen molar-refractivity contribution in [2.24, 2.45) is 5.41 Å². The Morgan fingerprint density at radius 3 is 2.48 bits per heavy atom. The lowest BCUT2D eigenvalue weighted by Crippen LogP contribution is -2.63. The van der Waals surface area contributed by atoms with Crippen molar-refractivity contribution in [1.29, 1.82) is 0 Å². The molecular weight excluding hydrogens is 424 g/mol. The van der Waals surface area contributed by atoms with Crippen molar-refractivity contribution in [3.8, 4) is 17.0 Å². The molecule has 0 atom stereocenters. The third-order valence-electron chi connectivity index (χ3n) is 6.88. The normalized spacial score (nSPS) is 17.1. The van der Waals surface area contributed by atoms with Crippen LogP contribution in [-0.4, -0.2) is 40.3 Å². The van der Waals surface area contributed by atoms with Gasteiger partial charge in [-0.25, -0.2) is 8.78 Å². The molecule has 0 N–H and O–H groups in total. The molecule has 0 bridgehead atoms. The fourth-order valence-corrected chi connectivity index (χ4v) is 5.30. The minimum absolute atomic E-state index is 0.114. The van der Waals surface area contributed by atoms with E-state index in [0.717, 1.165) is 35.4 Å². The number of likely N-dealkylation sites (tertiary alicyclic amines) is 1. The van der Waals surface area contributed by atoms with E-state index >= 15 is 0 Å². The molecule has 0 unspecified atom stereocenters. The van der Waals surface area contributed by atoms with Crippen LogP contribution in [0.25, 0.3) is 11.3 Å². The molecule has 2 fully saturated rings. The van der Waals surface area contributed by atoms with Gasteiger partial charge in [0.05, 0.1) is 23.9 Å². The largest absolute Gasteiger partial charge is 0.493 e. The van der Waals surface area contributed by atoms with Crippen molar-refractivity contribution in [2.45, 2.75) is 39.7 Å². The Morgan fingerprint density at radius 2 is 1.79 bits per heavy atom. The van der Waals surface area contributed by atoms with Crippen molar-refractivity contribution in [3.05, 3.63) is 70.9 Å². The Morgan fingerprint density at radius 1 is 1.09 bits per heavy atom. The molecule has 5 nitrogen and oxygen atoms in total. The van der Waals surface area contributed by atoms with Crippen LogP contribution < -0.4 is 4.74 Å². The average Bonchev–Trinajstić information content (AvgIpc) is 3.07. The topological polar surface area (TPSA) is 47.4 Å². The van der Waals surface area contributed by atoms with Gasteiger partial charge in [-0.1, -0.05) is 0 Å². The molecule has 3 aromatic rings. The Kier molecular flexibility index (Phi) is 5.22. The molecular formula is C26H27F2N3O2. The first-order valence-corrected chi connectivity index (χ1v) is 11.3. The molecule has 5 rings (SSSR count). The van der Waals surface area contributed by atoms with E-state index in [2.05, 4.69) is 4.68 Å². The second-order valence-corrected chi connectivity index (χ2v) is 9.37. The first-order chi connectivity index (χ1) is 15.8. The van der Waals surface area contributed by atoms with Gasteiger partial charge in [-0.2, -0.15) is 5.10 Å². The first-order valence-electron chi connectivity index (χ1n) is 11.3. The Balaban J connectivity index is 1.24. The van der Waals surface area contributed by atoms with Gasteiger partial charge >= 0.3 is 0 Å². The summed E-state index contributed by atoms with van der Waals surface area (Å²) >= 11 is 0. The van der Waals surface area contributed by atoms with Gasteiger partial charge in [0.2, 0.25) is 0 Å². The van der Waals surface area contributed by atoms with E-state index in [1.165, 1.54) is 30.3 Å². The lowest BCUT2D eigenvalue weighted by Gasteiger charge is -2.59. The zero-order chi connectivity index (χ0) is 23.3. The van der Waals surface area contributed by atoms with Gasteiger partial charge in [-0.05, 0) is 75.6 Å². The van der Waals surface area contributed by atoms with Crippen LogP contribution in [0.4, 0.5) is 8.78 Å². The van der Waals surface area contributed by atoms with Crippen molar-refractivity contribution in [3.63, 3.8) is 0 Å². The molecule has 33 heavy (non-hydrogen) atoms. The van der Waals surface area contributed by atoms with Gasteiger partial charge < -0.3 is 9.64 Å². The second-order valence-electron chi connectivity index (χ2n) is 9.37. The fraction of sp³-hybridized carbons (Fsp3) is 0.385. The lowest BCUT2D eigenvalue weighted by atomic mass is 9.60. The van der Waals surface area contributed by atoms with Gasteiger partial charge in [0.15, 0.2) is 0 Å². The highest BCUT2D eigenvalue weighted by molar-refractivity contribution is 5.97. The van der Waals surface area contributed by atoms with Crippen molar-refractivity contribution < 1.29 is 18.3 Å². The second kappa shape index (κ2) is 7.97. The fourth-order valence-electron chi connectivity index (χ4n) is 5.30. The average molecular weight is 452 g/mol. The van der Waals surface area contributed by atoms with Crippen molar-refractivity contribution in [2.75, 3.05) is 19.7 Å². The molecule has 2 heterocycles. The number of carbonyl (C=O) groups excluding carboxylic acids is 1. The van der Waals surface area contributed by atoms with Gasteiger partial charge in [0.25, 0.3) is 5.91 Å². The van der Waals surface area contributed by atoms with E-state index < -0.39 is 5.82 Å². The summed E-state index contributed by atoms with van der Waals surface area (Å²) in [7, 11) is 0. The van der Waals surface area contributed by atoms with E-state index in [9.17, 15) is 13.6 Å². The first kappa shape index (κ1) is 21.6. The molecule has 1 saturated carbocycles. The number of nitrogens with zero attached hydrogens (tertiary/aromatic N) is 3. The SMILES string of the molecule is CCOc1cc(F)ccc1C(=O)N1CC2(CC(n3nc(-c4ccc(F)cc4C)cc3C)C2)C1. The number of aromatic nitrogens is 2. The van der Waals surface area contributed by atoms with Crippen LogP contribution in [0.3, 0.4) is 0 Å². The lowest BCUT2D eigenvalue weighted by molar-refractivity contribution is -0.0743. The highest BCUT2D eigenvalue weighted by Gasteiger charge is 2.54. The van der Waals surface area contributed by atoms with Crippen molar-refractivity contribution in [1.82, 2.24) is 14.7 Å². The number of halogens is 2. The predicted molar refractivity (Wildman–Crippen MR) is 121 cm³/mol. The summed E-state index contributed by atoms with van der Waals surface area (Å²) in [5.74, 6) is -0.476. The highest BCUT2D eigenvalue weighted by atomic mass is 19.1. The molecule has 1 amide bonds. The van der Waals surface area contributed by atoms with E-state index in [1.807, 2.05) is 31.7 Å². The maximum atomic E-state index is 13.6.